The molecule has 0 radical (unpaired) electrons. The molecule has 0 atom stereocenters. The number of hydrogen-bond donors (Lipinski definition) is 0. The van der Waals surface area contributed by atoms with E-state index in [1.807, 2.05) is 47.9 Å². The monoisotopic (exact) mass is 462 g/mol. The van der Waals surface area contributed by atoms with Crippen LogP contribution in [0.25, 0.3) is 5.52 Å². The highest BCUT2D eigenvalue weighted by atomic mass is 16.5. The van der Waals surface area contributed by atoms with Crippen LogP contribution in [0.15, 0.2) is 48.7 Å². The first kappa shape index (κ1) is 26.0. The first-order valence-corrected chi connectivity index (χ1v) is 13.1. The fourth-order valence-electron chi connectivity index (χ4n) is 4.48. The van der Waals surface area contributed by atoms with Crippen LogP contribution in [0.4, 0.5) is 0 Å². The summed E-state index contributed by atoms with van der Waals surface area (Å²) < 4.78 is 8.12. The molecule has 4 nitrogen and oxygen atoms in total. The van der Waals surface area contributed by atoms with Gasteiger partial charge in [-0.3, -0.25) is 4.79 Å². The van der Waals surface area contributed by atoms with Gasteiger partial charge in [-0.25, -0.2) is 0 Å². The Kier molecular flexibility index (Phi) is 9.76. The van der Waals surface area contributed by atoms with Crippen molar-refractivity contribution in [1.82, 2.24) is 9.30 Å². The molecule has 0 aliphatic heterocycles. The molecule has 2 aromatic heterocycles. The number of aromatic nitrogens is 1. The van der Waals surface area contributed by atoms with Crippen LogP contribution in [0.2, 0.25) is 0 Å². The third kappa shape index (κ3) is 6.50. The van der Waals surface area contributed by atoms with E-state index in [9.17, 15) is 4.79 Å². The number of carbonyl (C=O) groups excluding carboxylic acids is 1. The summed E-state index contributed by atoms with van der Waals surface area (Å²) in [5.41, 5.74) is 4.62. The number of rotatable bonds is 14. The first-order valence-electron chi connectivity index (χ1n) is 13.1. The number of pyridine rings is 1. The van der Waals surface area contributed by atoms with Gasteiger partial charge < -0.3 is 14.0 Å². The molecular weight excluding hydrogens is 420 g/mol. The van der Waals surface area contributed by atoms with E-state index in [1.165, 1.54) is 38.8 Å². The van der Waals surface area contributed by atoms with Gasteiger partial charge in [-0.05, 0) is 92.7 Å². The number of ketones is 1. The Hall–Kier alpha value is -2.59. The molecule has 184 valence electrons. The SMILES string of the molecule is CCCCN(CCCC)CCCOc1ccc(C(=O)c2c(C(C)C)cc3ccccn23)cc1C. The Morgan fingerprint density at radius 1 is 0.971 bits per heavy atom. The predicted molar refractivity (Wildman–Crippen MR) is 142 cm³/mol. The Balaban J connectivity index is 1.66. The lowest BCUT2D eigenvalue weighted by atomic mass is 9.97. The number of nitrogens with zero attached hydrogens (tertiary/aromatic N) is 2. The fourth-order valence-corrected chi connectivity index (χ4v) is 4.48. The van der Waals surface area contributed by atoms with Gasteiger partial charge in [0.05, 0.1) is 12.3 Å². The Bertz CT molecular complexity index is 1060. The summed E-state index contributed by atoms with van der Waals surface area (Å²) in [6, 6.07) is 14.0. The number of unbranched alkanes of at least 4 members (excludes halogenated alkanes) is 2. The standard InChI is InChI=1S/C30H42N2O2/c1-6-8-16-31(17-9-7-2)18-12-20-34-28-15-14-25(21-24(28)5)30(33)29-27(23(3)4)22-26-13-10-11-19-32(26)29/h10-11,13-15,19,21-23H,6-9,12,16-18,20H2,1-5H3. The van der Waals surface area contributed by atoms with Gasteiger partial charge in [0.15, 0.2) is 0 Å². The van der Waals surface area contributed by atoms with Crippen molar-refractivity contribution in [3.63, 3.8) is 0 Å². The molecule has 34 heavy (non-hydrogen) atoms. The minimum absolute atomic E-state index is 0.0621. The van der Waals surface area contributed by atoms with E-state index in [-0.39, 0.29) is 11.7 Å². The largest absolute Gasteiger partial charge is 0.493 e. The van der Waals surface area contributed by atoms with Gasteiger partial charge in [-0.15, -0.1) is 0 Å². The lowest BCUT2D eigenvalue weighted by Gasteiger charge is -2.22. The zero-order valence-electron chi connectivity index (χ0n) is 21.8. The van der Waals surface area contributed by atoms with Crippen LogP contribution in [0.3, 0.4) is 0 Å². The summed E-state index contributed by atoms with van der Waals surface area (Å²) >= 11 is 0. The maximum Gasteiger partial charge on any atom is 0.210 e. The van der Waals surface area contributed by atoms with E-state index in [0.29, 0.717) is 12.2 Å². The molecule has 0 amide bonds. The lowest BCUT2D eigenvalue weighted by molar-refractivity contribution is 0.103. The second kappa shape index (κ2) is 12.8. The van der Waals surface area contributed by atoms with Gasteiger partial charge in [0, 0.05) is 23.8 Å². The number of fused-ring (bicyclic) bond motifs is 1. The molecule has 0 unspecified atom stereocenters. The minimum atomic E-state index is 0.0621. The minimum Gasteiger partial charge on any atom is -0.493 e. The van der Waals surface area contributed by atoms with Crippen molar-refractivity contribution in [2.24, 2.45) is 0 Å². The van der Waals surface area contributed by atoms with Crippen LogP contribution in [-0.2, 0) is 0 Å². The van der Waals surface area contributed by atoms with Gasteiger partial charge in [0.2, 0.25) is 5.78 Å². The highest BCUT2D eigenvalue weighted by Gasteiger charge is 2.21. The molecule has 0 spiro atoms. The Labute approximate surface area is 205 Å². The third-order valence-corrected chi connectivity index (χ3v) is 6.52. The zero-order chi connectivity index (χ0) is 24.5. The van der Waals surface area contributed by atoms with Crippen LogP contribution in [0.5, 0.6) is 5.75 Å². The van der Waals surface area contributed by atoms with E-state index >= 15 is 0 Å². The number of aryl methyl sites for hydroxylation is 1. The molecule has 0 fully saturated rings. The highest BCUT2D eigenvalue weighted by molar-refractivity contribution is 6.10. The summed E-state index contributed by atoms with van der Waals surface area (Å²) in [7, 11) is 0. The van der Waals surface area contributed by atoms with Gasteiger partial charge in [-0.1, -0.05) is 46.6 Å². The molecule has 0 bridgehead atoms. The summed E-state index contributed by atoms with van der Waals surface area (Å²) in [5, 5.41) is 0. The molecule has 2 heterocycles. The van der Waals surface area contributed by atoms with Crippen molar-refractivity contribution in [1.29, 1.82) is 0 Å². The number of hydrogen-bond acceptors (Lipinski definition) is 3. The van der Waals surface area contributed by atoms with E-state index in [4.69, 9.17) is 4.74 Å². The fraction of sp³-hybridized carbons (Fsp3) is 0.500. The smallest absolute Gasteiger partial charge is 0.210 e. The van der Waals surface area contributed by atoms with Crippen LogP contribution in [-0.4, -0.2) is 41.3 Å². The molecule has 0 N–H and O–H groups in total. The molecule has 1 aromatic carbocycles. The van der Waals surface area contributed by atoms with Gasteiger partial charge in [0.1, 0.15) is 5.75 Å². The molecule has 3 aromatic rings. The molecule has 4 heteroatoms. The topological polar surface area (TPSA) is 34.0 Å². The normalized spacial score (nSPS) is 11.6. The average Bonchev–Trinajstić information content (AvgIpc) is 3.23. The van der Waals surface area contributed by atoms with Gasteiger partial charge in [0.25, 0.3) is 0 Å². The van der Waals surface area contributed by atoms with Crippen LogP contribution >= 0.6 is 0 Å². The quantitative estimate of drug-likeness (QED) is 0.186. The van der Waals surface area contributed by atoms with Crippen molar-refractivity contribution in [3.05, 3.63) is 71.0 Å². The van der Waals surface area contributed by atoms with Gasteiger partial charge in [-0.2, -0.15) is 0 Å². The van der Waals surface area contributed by atoms with E-state index < -0.39 is 0 Å². The van der Waals surface area contributed by atoms with E-state index in [0.717, 1.165) is 41.1 Å². The summed E-state index contributed by atoms with van der Waals surface area (Å²) in [4.78, 5) is 16.1. The molecule has 3 rings (SSSR count). The Morgan fingerprint density at radius 3 is 2.32 bits per heavy atom. The molecule has 0 aliphatic rings. The lowest BCUT2D eigenvalue weighted by Crippen LogP contribution is -2.28. The van der Waals surface area contributed by atoms with E-state index in [1.54, 1.807) is 0 Å². The molecule has 0 aliphatic carbocycles. The zero-order valence-corrected chi connectivity index (χ0v) is 21.8. The summed E-state index contributed by atoms with van der Waals surface area (Å²) in [5.74, 6) is 1.21. The highest BCUT2D eigenvalue weighted by Crippen LogP contribution is 2.28. The maximum atomic E-state index is 13.6. The molecular formula is C30H42N2O2. The van der Waals surface area contributed by atoms with Crippen LogP contribution < -0.4 is 4.74 Å². The average molecular weight is 463 g/mol. The van der Waals surface area contributed by atoms with Crippen LogP contribution in [0, 0.1) is 6.92 Å². The second-order valence-corrected chi connectivity index (χ2v) is 9.66. The number of benzene rings is 1. The Morgan fingerprint density at radius 2 is 1.68 bits per heavy atom. The van der Waals surface area contributed by atoms with Crippen LogP contribution in [0.1, 0.15) is 92.9 Å². The summed E-state index contributed by atoms with van der Waals surface area (Å²) in [6.45, 7) is 14.9. The van der Waals surface area contributed by atoms with Gasteiger partial charge >= 0.3 is 0 Å². The molecule has 0 saturated heterocycles. The van der Waals surface area contributed by atoms with Crippen molar-refractivity contribution in [2.45, 2.75) is 72.6 Å². The number of carbonyl (C=O) groups is 1. The maximum absolute atomic E-state index is 13.6. The van der Waals surface area contributed by atoms with Crippen molar-refractivity contribution in [2.75, 3.05) is 26.2 Å². The summed E-state index contributed by atoms with van der Waals surface area (Å²) in [6.07, 6.45) is 7.98. The number of ether oxygens (including phenoxy) is 1. The van der Waals surface area contributed by atoms with Crippen molar-refractivity contribution in [3.8, 4) is 5.75 Å². The third-order valence-electron chi connectivity index (χ3n) is 6.52. The first-order chi connectivity index (χ1) is 16.5. The molecule has 0 saturated carbocycles. The predicted octanol–water partition coefficient (Wildman–Crippen LogP) is 7.27. The van der Waals surface area contributed by atoms with E-state index in [2.05, 4.69) is 44.7 Å². The van der Waals surface area contributed by atoms with Crippen molar-refractivity contribution >= 4 is 11.3 Å². The van der Waals surface area contributed by atoms with Crippen molar-refractivity contribution < 1.29 is 9.53 Å². The second-order valence-electron chi connectivity index (χ2n) is 9.66.